The Balaban J connectivity index is 2.10. The molecule has 1 fully saturated rings. The van der Waals surface area contributed by atoms with E-state index in [-0.39, 0.29) is 6.10 Å². The lowest BCUT2D eigenvalue weighted by molar-refractivity contribution is 0.00913. The van der Waals surface area contributed by atoms with E-state index in [0.717, 1.165) is 36.5 Å². The number of methoxy groups -OCH3 is 1. The van der Waals surface area contributed by atoms with Crippen molar-refractivity contribution in [2.75, 3.05) is 13.7 Å². The standard InChI is InChI=1S/C13H17N3O2/c1-9-8-16-10(13(15-9)17-2)7-14-12(16)11-5-3-4-6-18-11/h7-8,11H,3-6H2,1-2H3. The van der Waals surface area contributed by atoms with Crippen LogP contribution in [-0.4, -0.2) is 28.1 Å². The van der Waals surface area contributed by atoms with Crippen molar-refractivity contribution >= 4 is 5.52 Å². The molecular formula is C13H17N3O2. The van der Waals surface area contributed by atoms with E-state index in [2.05, 4.69) is 9.97 Å². The fourth-order valence-corrected chi connectivity index (χ4v) is 2.44. The molecule has 1 atom stereocenters. The molecule has 2 aromatic heterocycles. The Kier molecular flexibility index (Phi) is 2.91. The Bertz CT molecular complexity index is 559. The van der Waals surface area contributed by atoms with Crippen LogP contribution in [0.4, 0.5) is 0 Å². The molecule has 1 aliphatic rings. The molecule has 1 aliphatic heterocycles. The molecule has 0 radical (unpaired) electrons. The Morgan fingerprint density at radius 3 is 3.06 bits per heavy atom. The summed E-state index contributed by atoms with van der Waals surface area (Å²) in [4.78, 5) is 8.84. The predicted octanol–water partition coefficient (Wildman–Crippen LogP) is 2.29. The van der Waals surface area contributed by atoms with Gasteiger partial charge in [-0.1, -0.05) is 0 Å². The maximum atomic E-state index is 5.80. The highest BCUT2D eigenvalue weighted by Gasteiger charge is 2.21. The number of fused-ring (bicyclic) bond motifs is 1. The van der Waals surface area contributed by atoms with Crippen LogP contribution in [0.2, 0.25) is 0 Å². The lowest BCUT2D eigenvalue weighted by Gasteiger charge is -2.21. The van der Waals surface area contributed by atoms with Gasteiger partial charge in [0.15, 0.2) is 0 Å². The number of rotatable bonds is 2. The smallest absolute Gasteiger partial charge is 0.239 e. The zero-order chi connectivity index (χ0) is 12.5. The van der Waals surface area contributed by atoms with E-state index >= 15 is 0 Å². The number of nitrogens with zero attached hydrogens (tertiary/aromatic N) is 3. The summed E-state index contributed by atoms with van der Waals surface area (Å²) in [5, 5.41) is 0. The summed E-state index contributed by atoms with van der Waals surface area (Å²) in [6.45, 7) is 2.77. The van der Waals surface area contributed by atoms with Gasteiger partial charge in [-0.15, -0.1) is 0 Å². The molecule has 0 spiro atoms. The average Bonchev–Trinajstić information content (AvgIpc) is 2.82. The minimum absolute atomic E-state index is 0.0905. The summed E-state index contributed by atoms with van der Waals surface area (Å²) >= 11 is 0. The fourth-order valence-electron chi connectivity index (χ4n) is 2.44. The van der Waals surface area contributed by atoms with Crippen molar-refractivity contribution in [2.24, 2.45) is 0 Å². The van der Waals surface area contributed by atoms with Gasteiger partial charge in [-0.25, -0.2) is 9.97 Å². The van der Waals surface area contributed by atoms with Gasteiger partial charge in [0.1, 0.15) is 17.4 Å². The summed E-state index contributed by atoms with van der Waals surface area (Å²) in [5.41, 5.74) is 1.81. The summed E-state index contributed by atoms with van der Waals surface area (Å²) in [6, 6.07) is 0. The third-order valence-corrected chi connectivity index (χ3v) is 3.30. The van der Waals surface area contributed by atoms with Crippen LogP contribution in [0.3, 0.4) is 0 Å². The van der Waals surface area contributed by atoms with E-state index in [9.17, 15) is 0 Å². The van der Waals surface area contributed by atoms with Crippen molar-refractivity contribution in [1.29, 1.82) is 0 Å². The molecule has 96 valence electrons. The SMILES string of the molecule is COc1nc(C)cn2c(C3CCCCO3)ncc12. The molecule has 2 aromatic rings. The van der Waals surface area contributed by atoms with Crippen molar-refractivity contribution in [3.63, 3.8) is 0 Å². The Hall–Kier alpha value is -1.62. The van der Waals surface area contributed by atoms with Crippen LogP contribution < -0.4 is 4.74 Å². The van der Waals surface area contributed by atoms with Gasteiger partial charge < -0.3 is 9.47 Å². The number of aryl methyl sites for hydroxylation is 1. The van der Waals surface area contributed by atoms with Crippen LogP contribution in [-0.2, 0) is 4.74 Å². The van der Waals surface area contributed by atoms with Crippen LogP contribution in [0.15, 0.2) is 12.4 Å². The first-order valence-electron chi connectivity index (χ1n) is 6.30. The predicted molar refractivity (Wildman–Crippen MR) is 66.8 cm³/mol. The number of ether oxygens (including phenoxy) is 2. The maximum absolute atomic E-state index is 5.80. The molecule has 3 heterocycles. The first kappa shape index (κ1) is 11.5. The van der Waals surface area contributed by atoms with E-state index < -0.39 is 0 Å². The van der Waals surface area contributed by atoms with E-state index in [0.29, 0.717) is 5.88 Å². The van der Waals surface area contributed by atoms with Crippen LogP contribution >= 0.6 is 0 Å². The Morgan fingerprint density at radius 1 is 1.44 bits per heavy atom. The van der Waals surface area contributed by atoms with Crippen LogP contribution in [0.25, 0.3) is 5.52 Å². The molecular weight excluding hydrogens is 230 g/mol. The number of hydrogen-bond donors (Lipinski definition) is 0. The summed E-state index contributed by atoms with van der Waals surface area (Å²) < 4.78 is 13.1. The number of imidazole rings is 1. The number of hydrogen-bond acceptors (Lipinski definition) is 4. The van der Waals surface area contributed by atoms with Crippen molar-refractivity contribution in [3.8, 4) is 5.88 Å². The second-order valence-corrected chi connectivity index (χ2v) is 4.62. The third-order valence-electron chi connectivity index (χ3n) is 3.30. The zero-order valence-corrected chi connectivity index (χ0v) is 10.7. The largest absolute Gasteiger partial charge is 0.479 e. The maximum Gasteiger partial charge on any atom is 0.239 e. The van der Waals surface area contributed by atoms with Crippen LogP contribution in [0, 0.1) is 6.92 Å². The monoisotopic (exact) mass is 247 g/mol. The van der Waals surface area contributed by atoms with Crippen LogP contribution in [0.1, 0.15) is 36.9 Å². The van der Waals surface area contributed by atoms with E-state index in [4.69, 9.17) is 9.47 Å². The molecule has 0 saturated carbocycles. The minimum atomic E-state index is 0.0905. The van der Waals surface area contributed by atoms with Crippen molar-refractivity contribution in [3.05, 3.63) is 23.9 Å². The summed E-state index contributed by atoms with van der Waals surface area (Å²) in [6.07, 6.45) is 7.25. The highest BCUT2D eigenvalue weighted by Crippen LogP contribution is 2.29. The zero-order valence-electron chi connectivity index (χ0n) is 10.7. The van der Waals surface area contributed by atoms with Gasteiger partial charge >= 0.3 is 0 Å². The third kappa shape index (κ3) is 1.84. The molecule has 5 heteroatoms. The van der Waals surface area contributed by atoms with Gasteiger partial charge in [0.05, 0.1) is 19.0 Å². The van der Waals surface area contributed by atoms with Crippen molar-refractivity contribution < 1.29 is 9.47 Å². The summed E-state index contributed by atoms with van der Waals surface area (Å²) in [7, 11) is 1.63. The molecule has 0 aromatic carbocycles. The molecule has 0 bridgehead atoms. The highest BCUT2D eigenvalue weighted by atomic mass is 16.5. The normalized spacial score (nSPS) is 20.2. The quantitative estimate of drug-likeness (QED) is 0.817. The van der Waals surface area contributed by atoms with Gasteiger partial charge in [-0.3, -0.25) is 4.40 Å². The van der Waals surface area contributed by atoms with Crippen LogP contribution in [0.5, 0.6) is 5.88 Å². The molecule has 1 saturated heterocycles. The van der Waals surface area contributed by atoms with Gasteiger partial charge in [0, 0.05) is 12.8 Å². The Morgan fingerprint density at radius 2 is 2.33 bits per heavy atom. The molecule has 0 amide bonds. The molecule has 18 heavy (non-hydrogen) atoms. The van der Waals surface area contributed by atoms with Gasteiger partial charge in [0.25, 0.3) is 0 Å². The first-order chi connectivity index (χ1) is 8.79. The topological polar surface area (TPSA) is 48.7 Å². The van der Waals surface area contributed by atoms with Gasteiger partial charge in [0.2, 0.25) is 5.88 Å². The molecule has 0 aliphatic carbocycles. The van der Waals surface area contributed by atoms with Gasteiger partial charge in [-0.2, -0.15) is 0 Å². The van der Waals surface area contributed by atoms with E-state index in [1.165, 1.54) is 6.42 Å². The fraction of sp³-hybridized carbons (Fsp3) is 0.538. The van der Waals surface area contributed by atoms with Crippen molar-refractivity contribution in [2.45, 2.75) is 32.3 Å². The molecule has 1 unspecified atom stereocenters. The van der Waals surface area contributed by atoms with Crippen molar-refractivity contribution in [1.82, 2.24) is 14.4 Å². The molecule has 0 N–H and O–H groups in total. The lowest BCUT2D eigenvalue weighted by atomic mass is 10.1. The summed E-state index contributed by atoms with van der Waals surface area (Å²) in [5.74, 6) is 1.57. The first-order valence-corrected chi connectivity index (χ1v) is 6.30. The van der Waals surface area contributed by atoms with E-state index in [1.807, 2.05) is 17.5 Å². The van der Waals surface area contributed by atoms with Gasteiger partial charge in [-0.05, 0) is 26.2 Å². The second kappa shape index (κ2) is 4.57. The molecule has 3 rings (SSSR count). The minimum Gasteiger partial charge on any atom is -0.479 e. The second-order valence-electron chi connectivity index (χ2n) is 4.62. The molecule has 5 nitrogen and oxygen atoms in total. The van der Waals surface area contributed by atoms with E-state index in [1.54, 1.807) is 13.3 Å². The number of aromatic nitrogens is 3. The lowest BCUT2D eigenvalue weighted by Crippen LogP contribution is -2.14. The Labute approximate surface area is 106 Å². The average molecular weight is 247 g/mol. The highest BCUT2D eigenvalue weighted by molar-refractivity contribution is 5.56.